The third kappa shape index (κ3) is 6.01. The topological polar surface area (TPSA) is 91.3 Å². The van der Waals surface area contributed by atoms with E-state index in [1.165, 1.54) is 6.42 Å². The maximum atomic E-state index is 13.7. The third-order valence-corrected chi connectivity index (χ3v) is 11.2. The molecule has 3 aliphatic carbocycles. The van der Waals surface area contributed by atoms with Gasteiger partial charge in [0.15, 0.2) is 0 Å². The van der Waals surface area contributed by atoms with E-state index in [4.69, 9.17) is 28.2 Å². The van der Waals surface area contributed by atoms with Crippen LogP contribution >= 0.6 is 23.2 Å². The van der Waals surface area contributed by atoms with E-state index in [2.05, 4.69) is 20.9 Å². The summed E-state index contributed by atoms with van der Waals surface area (Å²) in [5.41, 5.74) is 3.51. The summed E-state index contributed by atoms with van der Waals surface area (Å²) < 4.78 is 41.5. The van der Waals surface area contributed by atoms with E-state index in [0.717, 1.165) is 37.1 Å². The second-order valence-corrected chi connectivity index (χ2v) is 14.6. The van der Waals surface area contributed by atoms with Crippen LogP contribution in [0.3, 0.4) is 0 Å². The lowest BCUT2D eigenvalue weighted by atomic mass is 9.85. The zero-order valence-electron chi connectivity index (χ0n) is 25.7. The molecule has 2 aromatic carbocycles. The highest BCUT2D eigenvalue weighted by molar-refractivity contribution is 6.39. The molecule has 3 N–H and O–H groups in total. The van der Waals surface area contributed by atoms with E-state index in [0.29, 0.717) is 63.0 Å². The van der Waals surface area contributed by atoms with E-state index in [1.54, 1.807) is 18.2 Å². The van der Waals surface area contributed by atoms with Crippen LogP contribution in [0, 0.1) is 23.2 Å². The summed E-state index contributed by atoms with van der Waals surface area (Å²) in [5, 5.41) is 10.0. The Balaban J connectivity index is 1.15. The second-order valence-electron chi connectivity index (χ2n) is 13.8. The summed E-state index contributed by atoms with van der Waals surface area (Å²) in [4.78, 5) is 33.2. The molecule has 2 amide bonds. The Labute approximate surface area is 275 Å². The zero-order valence-corrected chi connectivity index (χ0v) is 27.2. The third-order valence-electron chi connectivity index (χ3n) is 10.5. The van der Waals surface area contributed by atoms with Gasteiger partial charge in [-0.05, 0) is 80.5 Å². The number of fused-ring (bicyclic) bond motifs is 2. The Morgan fingerprint density at radius 1 is 1.07 bits per heavy atom. The molecule has 2 atom stereocenters. The summed E-state index contributed by atoms with van der Waals surface area (Å²) in [6.07, 6.45) is -0.627. The van der Waals surface area contributed by atoms with Crippen molar-refractivity contribution < 1.29 is 22.8 Å². The van der Waals surface area contributed by atoms with Gasteiger partial charge < -0.3 is 25.4 Å². The monoisotopic (exact) mass is 676 g/mol. The smallest absolute Gasteiger partial charge is 0.370 e. The normalized spacial score (nSPS) is 24.9. The molecule has 4 fully saturated rings. The standard InChI is InChI=1S/C33H37Cl2F3N6O2/c1-32(9-10-32)30(46)39-14-17-3-8-23(34)28(27(17)35)42-31-41-24-12-22(29(45)40-21-6-4-20(5-7-21)33(36,37)38)25(13-26(24)43(31)2)44-15-18-11-19(18)16-44/h3,8,12-13,18-21H,4-7,9-11,14-16H2,1-2H3,(H,39,46)(H,40,45)(H,41,42)/t18?,19?,20-,21-. The maximum absolute atomic E-state index is 13.7. The van der Waals surface area contributed by atoms with Crippen LogP contribution in [0.25, 0.3) is 11.0 Å². The summed E-state index contributed by atoms with van der Waals surface area (Å²) in [6, 6.07) is 6.94. The fourth-order valence-corrected chi connectivity index (χ4v) is 7.50. The molecule has 246 valence electrons. The fraction of sp³-hybridized carbons (Fsp3) is 0.545. The predicted molar refractivity (Wildman–Crippen MR) is 173 cm³/mol. The number of halogens is 5. The molecule has 0 spiro atoms. The highest BCUT2D eigenvalue weighted by atomic mass is 35.5. The molecule has 7 rings (SSSR count). The van der Waals surface area contributed by atoms with Gasteiger partial charge in [0.05, 0.1) is 43.9 Å². The van der Waals surface area contributed by atoms with Gasteiger partial charge >= 0.3 is 6.18 Å². The molecule has 13 heteroatoms. The lowest BCUT2D eigenvalue weighted by Gasteiger charge is -2.31. The number of aryl methyl sites for hydroxylation is 1. The first-order valence-corrected chi connectivity index (χ1v) is 16.7. The van der Waals surface area contributed by atoms with Crippen molar-refractivity contribution in [3.05, 3.63) is 45.4 Å². The molecule has 1 aromatic heterocycles. The highest BCUT2D eigenvalue weighted by Gasteiger charge is 2.46. The van der Waals surface area contributed by atoms with Crippen LogP contribution in [0.15, 0.2) is 24.3 Å². The van der Waals surface area contributed by atoms with Crippen molar-refractivity contribution >= 4 is 63.4 Å². The summed E-state index contributed by atoms with van der Waals surface area (Å²) in [5.74, 6) is 0.111. The minimum atomic E-state index is -4.20. The van der Waals surface area contributed by atoms with Crippen molar-refractivity contribution in [2.45, 2.75) is 70.6 Å². The minimum absolute atomic E-state index is 0.00307. The number of nitrogens with one attached hydrogen (secondary N) is 3. The zero-order chi connectivity index (χ0) is 32.5. The van der Waals surface area contributed by atoms with Gasteiger partial charge in [-0.1, -0.05) is 36.2 Å². The van der Waals surface area contributed by atoms with E-state index >= 15 is 0 Å². The van der Waals surface area contributed by atoms with Crippen LogP contribution in [0.5, 0.6) is 0 Å². The molecule has 1 aliphatic heterocycles. The number of anilines is 3. The molecule has 0 bridgehead atoms. The van der Waals surface area contributed by atoms with Gasteiger partial charge in [0, 0.05) is 38.1 Å². The number of aromatic nitrogens is 2. The van der Waals surface area contributed by atoms with Crippen molar-refractivity contribution in [1.29, 1.82) is 0 Å². The molecule has 3 saturated carbocycles. The number of rotatable bonds is 8. The van der Waals surface area contributed by atoms with E-state index in [9.17, 15) is 22.8 Å². The number of piperidine rings is 1. The first kappa shape index (κ1) is 31.4. The number of carbonyl (C=O) groups excluding carboxylic acids is 2. The van der Waals surface area contributed by atoms with E-state index in [-0.39, 0.29) is 42.7 Å². The Hall–Kier alpha value is -3.18. The van der Waals surface area contributed by atoms with E-state index in [1.807, 2.05) is 24.6 Å². The molecule has 0 radical (unpaired) electrons. The molecule has 4 aliphatic rings. The predicted octanol–water partition coefficient (Wildman–Crippen LogP) is 7.35. The van der Waals surface area contributed by atoms with Crippen molar-refractivity contribution in [2.75, 3.05) is 23.3 Å². The quantitative estimate of drug-likeness (QED) is 0.232. The molecular weight excluding hydrogens is 640 g/mol. The molecular formula is C33H37Cl2F3N6O2. The number of imidazole rings is 1. The van der Waals surface area contributed by atoms with Gasteiger partial charge in [-0.3, -0.25) is 9.59 Å². The van der Waals surface area contributed by atoms with Gasteiger partial charge in [-0.2, -0.15) is 13.2 Å². The summed E-state index contributed by atoms with van der Waals surface area (Å²) in [7, 11) is 1.87. The van der Waals surface area contributed by atoms with Crippen LogP contribution in [0.1, 0.15) is 67.8 Å². The Morgan fingerprint density at radius 3 is 2.41 bits per heavy atom. The van der Waals surface area contributed by atoms with Crippen molar-refractivity contribution in [3.8, 4) is 0 Å². The second kappa shape index (κ2) is 11.5. The van der Waals surface area contributed by atoms with Gasteiger partial charge in [-0.25, -0.2) is 4.98 Å². The summed E-state index contributed by atoms with van der Waals surface area (Å²) >= 11 is 13.4. The van der Waals surface area contributed by atoms with E-state index < -0.39 is 12.1 Å². The van der Waals surface area contributed by atoms with Crippen LogP contribution in [-0.2, 0) is 18.4 Å². The Morgan fingerprint density at radius 2 is 1.76 bits per heavy atom. The SMILES string of the molecule is Cn1c(Nc2c(Cl)ccc(CNC(=O)C3(C)CC3)c2Cl)nc2cc(C(=O)N[C@H]3CC[C@H](C(F)(F)F)CC3)c(N3CC4CC4C3)cc21. The Kier molecular flexibility index (Phi) is 7.86. The lowest BCUT2D eigenvalue weighted by Crippen LogP contribution is -2.40. The average molecular weight is 678 g/mol. The number of nitrogens with zero attached hydrogens (tertiary/aromatic N) is 3. The Bertz CT molecular complexity index is 1700. The number of carbonyl (C=O) groups is 2. The van der Waals surface area contributed by atoms with Gasteiger partial charge in [0.1, 0.15) is 0 Å². The average Bonchev–Trinajstić information content (AvgIpc) is 3.89. The largest absolute Gasteiger partial charge is 0.391 e. The number of hydrogen-bond donors (Lipinski definition) is 3. The minimum Gasteiger partial charge on any atom is -0.370 e. The first-order chi connectivity index (χ1) is 21.8. The van der Waals surface area contributed by atoms with Crippen LogP contribution in [0.4, 0.5) is 30.5 Å². The summed E-state index contributed by atoms with van der Waals surface area (Å²) in [6.45, 7) is 3.94. The molecule has 3 aromatic rings. The first-order valence-electron chi connectivity index (χ1n) is 16.0. The maximum Gasteiger partial charge on any atom is 0.391 e. The van der Waals surface area contributed by atoms with Gasteiger partial charge in [0.2, 0.25) is 11.9 Å². The van der Waals surface area contributed by atoms with Crippen molar-refractivity contribution in [2.24, 2.45) is 30.2 Å². The van der Waals surface area contributed by atoms with Crippen LogP contribution in [-0.4, -0.2) is 46.7 Å². The van der Waals surface area contributed by atoms with Crippen molar-refractivity contribution in [3.63, 3.8) is 0 Å². The highest BCUT2D eigenvalue weighted by Crippen LogP contribution is 2.48. The lowest BCUT2D eigenvalue weighted by molar-refractivity contribution is -0.182. The number of alkyl halides is 3. The number of benzene rings is 2. The van der Waals surface area contributed by atoms with Gasteiger partial charge in [-0.15, -0.1) is 0 Å². The number of hydrogen-bond acceptors (Lipinski definition) is 5. The molecule has 2 heterocycles. The molecule has 1 saturated heterocycles. The van der Waals surface area contributed by atoms with Gasteiger partial charge in [0.25, 0.3) is 5.91 Å². The molecule has 2 unspecified atom stereocenters. The molecule has 46 heavy (non-hydrogen) atoms. The van der Waals surface area contributed by atoms with Crippen LogP contribution < -0.4 is 20.9 Å². The van der Waals surface area contributed by atoms with Crippen molar-refractivity contribution in [1.82, 2.24) is 20.2 Å². The van der Waals surface area contributed by atoms with Crippen LogP contribution in [0.2, 0.25) is 10.0 Å². The molecule has 8 nitrogen and oxygen atoms in total. The number of amides is 2. The fourth-order valence-electron chi connectivity index (χ4n) is 6.97.